The molecule has 2 atom stereocenters. The van der Waals surface area contributed by atoms with E-state index in [0.717, 1.165) is 47.5 Å². The number of aryl methyl sites for hydroxylation is 4. The Balaban J connectivity index is 1.85. The zero-order chi connectivity index (χ0) is 31.7. The standard InChI is InChI=1S/C33H32F6N2O2/c1-19-7-5-9-23(15-19)29(42)40-27-17-25(13-11-21(27)3)31(32(34,35)36,33(37,38)39)26-14-12-22(4)28(18-26)41-30(43)24-10-6-8-20(2)16-24/h5-18,29-30,40-43H,1-4H3. The summed E-state index contributed by atoms with van der Waals surface area (Å²) in [6.07, 6.45) is -14.4. The molecule has 0 radical (unpaired) electrons. The first-order chi connectivity index (χ1) is 20.0. The van der Waals surface area contributed by atoms with Gasteiger partial charge in [-0.1, -0.05) is 83.9 Å². The van der Waals surface area contributed by atoms with Gasteiger partial charge in [-0.25, -0.2) is 0 Å². The van der Waals surface area contributed by atoms with Gasteiger partial charge in [0.2, 0.25) is 5.41 Å². The second-order valence-corrected chi connectivity index (χ2v) is 10.7. The minimum atomic E-state index is -5.82. The number of anilines is 2. The van der Waals surface area contributed by atoms with Gasteiger partial charge in [0.1, 0.15) is 0 Å². The van der Waals surface area contributed by atoms with Crippen molar-refractivity contribution in [3.05, 3.63) is 129 Å². The summed E-state index contributed by atoms with van der Waals surface area (Å²) in [5.41, 5.74) is -3.69. The SMILES string of the molecule is Cc1cccc(C(O)Nc2cc(C(c3ccc(C)c(NC(O)c4cccc(C)c4)c3)(C(F)(F)F)C(F)(F)F)ccc2C)c1. The lowest BCUT2D eigenvalue weighted by atomic mass is 9.72. The van der Waals surface area contributed by atoms with Gasteiger partial charge in [-0.3, -0.25) is 0 Å². The molecule has 0 aromatic heterocycles. The third-order valence-corrected chi connectivity index (χ3v) is 7.49. The Morgan fingerprint density at radius 3 is 1.23 bits per heavy atom. The third kappa shape index (κ3) is 6.35. The highest BCUT2D eigenvalue weighted by Gasteiger charge is 2.72. The summed E-state index contributed by atoms with van der Waals surface area (Å²) in [5.74, 6) is 0. The number of nitrogens with one attached hydrogen (secondary N) is 2. The number of alkyl halides is 6. The van der Waals surface area contributed by atoms with Gasteiger partial charge in [-0.2, -0.15) is 26.3 Å². The Morgan fingerprint density at radius 2 is 0.907 bits per heavy atom. The highest BCUT2D eigenvalue weighted by atomic mass is 19.4. The predicted octanol–water partition coefficient (Wildman–Crippen LogP) is 8.54. The Morgan fingerprint density at radius 1 is 0.535 bits per heavy atom. The number of hydrogen-bond donors (Lipinski definition) is 4. The quantitative estimate of drug-likeness (QED) is 0.121. The molecular formula is C33H32F6N2O2. The number of hydrogen-bond acceptors (Lipinski definition) is 4. The molecule has 228 valence electrons. The van der Waals surface area contributed by atoms with Gasteiger partial charge in [-0.15, -0.1) is 0 Å². The molecular weight excluding hydrogens is 570 g/mol. The minimum absolute atomic E-state index is 0.0929. The molecule has 0 saturated heterocycles. The average molecular weight is 603 g/mol. The van der Waals surface area contributed by atoms with Crippen LogP contribution in [0.4, 0.5) is 37.7 Å². The fraction of sp³-hybridized carbons (Fsp3) is 0.273. The Bertz CT molecular complexity index is 1480. The molecule has 4 N–H and O–H groups in total. The third-order valence-electron chi connectivity index (χ3n) is 7.49. The van der Waals surface area contributed by atoms with Crippen LogP contribution in [0.3, 0.4) is 0 Å². The largest absolute Gasteiger partial charge is 0.411 e. The summed E-state index contributed by atoms with van der Waals surface area (Å²) < 4.78 is 89.9. The van der Waals surface area contributed by atoms with E-state index in [1.807, 2.05) is 0 Å². The number of aliphatic hydroxyl groups is 2. The molecule has 0 spiro atoms. The van der Waals surface area contributed by atoms with Crippen LogP contribution in [-0.2, 0) is 5.41 Å². The van der Waals surface area contributed by atoms with E-state index in [1.54, 1.807) is 62.4 Å². The molecule has 0 bridgehead atoms. The van der Waals surface area contributed by atoms with Crippen LogP contribution in [0.5, 0.6) is 0 Å². The van der Waals surface area contributed by atoms with Gasteiger partial charge < -0.3 is 20.8 Å². The zero-order valence-electron chi connectivity index (χ0n) is 23.9. The number of halogens is 6. The molecule has 4 aromatic rings. The summed E-state index contributed by atoms with van der Waals surface area (Å²) in [6.45, 7) is 6.60. The lowest BCUT2D eigenvalue weighted by molar-refractivity contribution is -0.288. The second-order valence-electron chi connectivity index (χ2n) is 10.7. The fourth-order valence-corrected chi connectivity index (χ4v) is 5.15. The van der Waals surface area contributed by atoms with E-state index in [2.05, 4.69) is 10.6 Å². The normalized spacial score (nSPS) is 13.9. The van der Waals surface area contributed by atoms with E-state index in [4.69, 9.17) is 0 Å². The van der Waals surface area contributed by atoms with Gasteiger partial charge in [0.15, 0.2) is 12.5 Å². The summed E-state index contributed by atoms with van der Waals surface area (Å²) in [4.78, 5) is 0. The zero-order valence-corrected chi connectivity index (χ0v) is 23.9. The van der Waals surface area contributed by atoms with Crippen molar-refractivity contribution in [1.29, 1.82) is 0 Å². The molecule has 4 rings (SSSR count). The second kappa shape index (κ2) is 11.9. The Hall–Kier alpha value is -4.02. The van der Waals surface area contributed by atoms with Crippen LogP contribution in [0.1, 0.15) is 57.0 Å². The van der Waals surface area contributed by atoms with E-state index in [9.17, 15) is 36.6 Å². The van der Waals surface area contributed by atoms with Crippen LogP contribution in [0.15, 0.2) is 84.9 Å². The van der Waals surface area contributed by atoms with Gasteiger partial charge >= 0.3 is 12.4 Å². The fourth-order valence-electron chi connectivity index (χ4n) is 5.15. The van der Waals surface area contributed by atoms with Crippen molar-refractivity contribution in [2.45, 2.75) is 57.9 Å². The minimum Gasteiger partial charge on any atom is -0.369 e. The predicted molar refractivity (Wildman–Crippen MR) is 155 cm³/mol. The first kappa shape index (κ1) is 31.9. The maximum Gasteiger partial charge on any atom is 0.411 e. The maximum atomic E-state index is 15.0. The van der Waals surface area contributed by atoms with Crippen LogP contribution < -0.4 is 10.6 Å². The van der Waals surface area contributed by atoms with Gasteiger partial charge in [0, 0.05) is 22.5 Å². The van der Waals surface area contributed by atoms with Gasteiger partial charge in [0.05, 0.1) is 0 Å². The molecule has 0 aliphatic carbocycles. The van der Waals surface area contributed by atoms with E-state index < -0.39 is 41.4 Å². The molecule has 0 aliphatic rings. The molecule has 10 heteroatoms. The van der Waals surface area contributed by atoms with Crippen molar-refractivity contribution in [2.24, 2.45) is 0 Å². The molecule has 0 saturated carbocycles. The van der Waals surface area contributed by atoms with E-state index in [-0.39, 0.29) is 11.4 Å². The molecule has 0 aliphatic heterocycles. The summed E-state index contributed by atoms with van der Waals surface area (Å²) in [5, 5.41) is 26.8. The molecule has 4 aromatic carbocycles. The summed E-state index contributed by atoms with van der Waals surface area (Å²) in [6, 6.07) is 18.9. The molecule has 0 fully saturated rings. The highest BCUT2D eigenvalue weighted by molar-refractivity contribution is 5.61. The van der Waals surface area contributed by atoms with Crippen LogP contribution in [0.2, 0.25) is 0 Å². The van der Waals surface area contributed by atoms with Crippen molar-refractivity contribution < 1.29 is 36.6 Å². The smallest absolute Gasteiger partial charge is 0.369 e. The maximum absolute atomic E-state index is 15.0. The highest BCUT2D eigenvalue weighted by Crippen LogP contribution is 2.57. The molecule has 0 amide bonds. The monoisotopic (exact) mass is 602 g/mol. The Labute approximate surface area is 246 Å². The van der Waals surface area contributed by atoms with E-state index in [0.29, 0.717) is 22.3 Å². The lowest BCUT2D eigenvalue weighted by Crippen LogP contribution is -2.54. The van der Waals surface area contributed by atoms with Crippen molar-refractivity contribution in [1.82, 2.24) is 0 Å². The summed E-state index contributed by atoms with van der Waals surface area (Å²) >= 11 is 0. The van der Waals surface area contributed by atoms with E-state index >= 15 is 0 Å². The first-order valence-electron chi connectivity index (χ1n) is 13.4. The lowest BCUT2D eigenvalue weighted by Gasteiger charge is -2.39. The van der Waals surface area contributed by atoms with Gasteiger partial charge in [0.25, 0.3) is 0 Å². The number of rotatable bonds is 8. The summed E-state index contributed by atoms with van der Waals surface area (Å²) in [7, 11) is 0. The first-order valence-corrected chi connectivity index (χ1v) is 13.4. The van der Waals surface area contributed by atoms with Crippen molar-refractivity contribution in [3.63, 3.8) is 0 Å². The molecule has 0 heterocycles. The van der Waals surface area contributed by atoms with Crippen LogP contribution in [-0.4, -0.2) is 22.6 Å². The number of benzene rings is 4. The van der Waals surface area contributed by atoms with Crippen molar-refractivity contribution in [2.75, 3.05) is 10.6 Å². The van der Waals surface area contributed by atoms with Crippen molar-refractivity contribution in [3.8, 4) is 0 Å². The van der Waals surface area contributed by atoms with Crippen LogP contribution >= 0.6 is 0 Å². The van der Waals surface area contributed by atoms with Crippen LogP contribution in [0.25, 0.3) is 0 Å². The topological polar surface area (TPSA) is 64.5 Å². The molecule has 2 unspecified atom stereocenters. The average Bonchev–Trinajstić information content (AvgIpc) is 2.91. The van der Waals surface area contributed by atoms with Crippen LogP contribution in [0, 0.1) is 27.7 Å². The molecule has 4 nitrogen and oxygen atoms in total. The van der Waals surface area contributed by atoms with Gasteiger partial charge in [-0.05, 0) is 62.1 Å². The number of aliphatic hydroxyl groups excluding tert-OH is 2. The van der Waals surface area contributed by atoms with Crippen molar-refractivity contribution >= 4 is 11.4 Å². The Kier molecular flexibility index (Phi) is 8.85. The van der Waals surface area contributed by atoms with E-state index in [1.165, 1.54) is 13.8 Å². The molecule has 43 heavy (non-hydrogen) atoms.